The first-order chi connectivity index (χ1) is 10.0. The molecule has 1 aromatic carbocycles. The van der Waals surface area contributed by atoms with Crippen molar-refractivity contribution in [3.8, 4) is 11.6 Å². The van der Waals surface area contributed by atoms with Gasteiger partial charge in [-0.1, -0.05) is 19.9 Å². The van der Waals surface area contributed by atoms with Crippen LogP contribution in [-0.2, 0) is 6.54 Å². The van der Waals surface area contributed by atoms with E-state index in [0.29, 0.717) is 18.3 Å². The largest absolute Gasteiger partial charge is 0.439 e. The van der Waals surface area contributed by atoms with Crippen molar-refractivity contribution in [3.05, 3.63) is 51.6 Å². The standard InChI is InChI=1S/C17H21BrN2O/c1-11(2)16-6-5-15(7-12(16)3)21-17-13(9-19-4)8-14(18)10-20-17/h5-8,10-11,19H,9H2,1-4H3. The van der Waals surface area contributed by atoms with Gasteiger partial charge in [0.15, 0.2) is 0 Å². The molecule has 0 radical (unpaired) electrons. The maximum atomic E-state index is 5.96. The summed E-state index contributed by atoms with van der Waals surface area (Å²) >= 11 is 3.44. The van der Waals surface area contributed by atoms with Gasteiger partial charge in [0, 0.05) is 22.8 Å². The maximum absolute atomic E-state index is 5.96. The summed E-state index contributed by atoms with van der Waals surface area (Å²) in [4.78, 5) is 4.37. The quantitative estimate of drug-likeness (QED) is 0.843. The number of aryl methyl sites for hydroxylation is 1. The van der Waals surface area contributed by atoms with Gasteiger partial charge in [0.2, 0.25) is 5.88 Å². The molecule has 3 nitrogen and oxygen atoms in total. The number of pyridine rings is 1. The minimum Gasteiger partial charge on any atom is -0.439 e. The summed E-state index contributed by atoms with van der Waals surface area (Å²) in [6.45, 7) is 7.23. The van der Waals surface area contributed by atoms with E-state index in [1.165, 1.54) is 11.1 Å². The lowest BCUT2D eigenvalue weighted by atomic mass is 9.98. The molecule has 0 spiro atoms. The van der Waals surface area contributed by atoms with Gasteiger partial charge in [-0.25, -0.2) is 4.98 Å². The first-order valence-electron chi connectivity index (χ1n) is 7.08. The number of benzene rings is 1. The number of ether oxygens (including phenoxy) is 1. The van der Waals surface area contributed by atoms with Crippen molar-refractivity contribution in [2.24, 2.45) is 0 Å². The van der Waals surface area contributed by atoms with E-state index in [1.807, 2.05) is 19.2 Å². The highest BCUT2D eigenvalue weighted by atomic mass is 79.9. The Morgan fingerprint density at radius 3 is 2.67 bits per heavy atom. The fraction of sp³-hybridized carbons (Fsp3) is 0.353. The van der Waals surface area contributed by atoms with Gasteiger partial charge in [-0.2, -0.15) is 0 Å². The van der Waals surface area contributed by atoms with Gasteiger partial charge in [-0.05, 0) is 65.1 Å². The van der Waals surface area contributed by atoms with Crippen LogP contribution in [0.25, 0.3) is 0 Å². The lowest BCUT2D eigenvalue weighted by molar-refractivity contribution is 0.453. The molecule has 0 unspecified atom stereocenters. The van der Waals surface area contributed by atoms with Crippen molar-refractivity contribution in [1.29, 1.82) is 0 Å². The molecule has 1 N–H and O–H groups in total. The summed E-state index contributed by atoms with van der Waals surface area (Å²) in [6, 6.07) is 8.23. The molecule has 0 aliphatic carbocycles. The van der Waals surface area contributed by atoms with Crippen molar-refractivity contribution in [3.63, 3.8) is 0 Å². The van der Waals surface area contributed by atoms with Gasteiger partial charge in [-0.15, -0.1) is 0 Å². The molecule has 1 aromatic heterocycles. The SMILES string of the molecule is CNCc1cc(Br)cnc1Oc1ccc(C(C)C)c(C)c1. The molecule has 4 heteroatoms. The molecular formula is C17H21BrN2O. The second-order valence-electron chi connectivity index (χ2n) is 5.42. The first kappa shape index (κ1) is 16.0. The Morgan fingerprint density at radius 1 is 1.29 bits per heavy atom. The summed E-state index contributed by atoms with van der Waals surface area (Å²) in [5.41, 5.74) is 3.62. The third kappa shape index (κ3) is 4.05. The summed E-state index contributed by atoms with van der Waals surface area (Å²) in [5, 5.41) is 3.13. The van der Waals surface area contributed by atoms with Crippen LogP contribution < -0.4 is 10.1 Å². The Kier molecular flexibility index (Phi) is 5.37. The van der Waals surface area contributed by atoms with Gasteiger partial charge in [0.25, 0.3) is 0 Å². The second-order valence-corrected chi connectivity index (χ2v) is 6.34. The van der Waals surface area contributed by atoms with Crippen molar-refractivity contribution in [1.82, 2.24) is 10.3 Å². The molecule has 0 saturated carbocycles. The van der Waals surface area contributed by atoms with Crippen LogP contribution in [0.3, 0.4) is 0 Å². The third-order valence-corrected chi connectivity index (χ3v) is 3.77. The van der Waals surface area contributed by atoms with Crippen LogP contribution in [0.15, 0.2) is 34.9 Å². The Labute approximate surface area is 134 Å². The average Bonchev–Trinajstić information content (AvgIpc) is 2.42. The predicted molar refractivity (Wildman–Crippen MR) is 90.0 cm³/mol. The number of halogens is 1. The Morgan fingerprint density at radius 2 is 2.05 bits per heavy atom. The minimum absolute atomic E-state index is 0.518. The van der Waals surface area contributed by atoms with E-state index in [-0.39, 0.29) is 0 Å². The fourth-order valence-electron chi connectivity index (χ4n) is 2.35. The zero-order valence-corrected chi connectivity index (χ0v) is 14.5. The van der Waals surface area contributed by atoms with Crippen molar-refractivity contribution >= 4 is 15.9 Å². The molecule has 1 heterocycles. The van der Waals surface area contributed by atoms with Crippen LogP contribution in [0.2, 0.25) is 0 Å². The molecule has 0 saturated heterocycles. The van der Waals surface area contributed by atoms with E-state index in [4.69, 9.17) is 4.74 Å². The summed E-state index contributed by atoms with van der Waals surface area (Å²) in [7, 11) is 1.91. The summed E-state index contributed by atoms with van der Waals surface area (Å²) in [5.74, 6) is 1.98. The van der Waals surface area contributed by atoms with E-state index in [1.54, 1.807) is 6.20 Å². The number of rotatable bonds is 5. The highest BCUT2D eigenvalue weighted by molar-refractivity contribution is 9.10. The normalized spacial score (nSPS) is 11.0. The van der Waals surface area contributed by atoms with E-state index in [0.717, 1.165) is 15.8 Å². The Balaban J connectivity index is 2.28. The number of hydrogen-bond donors (Lipinski definition) is 1. The number of hydrogen-bond acceptors (Lipinski definition) is 3. The van der Waals surface area contributed by atoms with E-state index >= 15 is 0 Å². The van der Waals surface area contributed by atoms with Gasteiger partial charge < -0.3 is 10.1 Å². The van der Waals surface area contributed by atoms with Crippen LogP contribution in [-0.4, -0.2) is 12.0 Å². The average molecular weight is 349 g/mol. The highest BCUT2D eigenvalue weighted by Crippen LogP contribution is 2.28. The lowest BCUT2D eigenvalue weighted by Gasteiger charge is -2.13. The number of nitrogens with one attached hydrogen (secondary N) is 1. The minimum atomic E-state index is 0.518. The topological polar surface area (TPSA) is 34.2 Å². The fourth-order valence-corrected chi connectivity index (χ4v) is 2.73. The molecule has 2 aromatic rings. The number of nitrogens with zero attached hydrogens (tertiary/aromatic N) is 1. The molecule has 0 bridgehead atoms. The molecule has 2 rings (SSSR count). The molecule has 0 aliphatic heterocycles. The monoisotopic (exact) mass is 348 g/mol. The van der Waals surface area contributed by atoms with E-state index in [9.17, 15) is 0 Å². The zero-order valence-electron chi connectivity index (χ0n) is 12.9. The van der Waals surface area contributed by atoms with Crippen LogP contribution in [0.5, 0.6) is 11.6 Å². The van der Waals surface area contributed by atoms with E-state index < -0.39 is 0 Å². The lowest BCUT2D eigenvalue weighted by Crippen LogP contribution is -2.07. The summed E-state index contributed by atoms with van der Waals surface area (Å²) < 4.78 is 6.91. The van der Waals surface area contributed by atoms with Crippen LogP contribution in [0, 0.1) is 6.92 Å². The molecule has 0 fully saturated rings. The maximum Gasteiger partial charge on any atom is 0.223 e. The second kappa shape index (κ2) is 7.05. The molecule has 0 atom stereocenters. The van der Waals surface area contributed by atoms with Crippen LogP contribution in [0.4, 0.5) is 0 Å². The predicted octanol–water partition coefficient (Wildman–Crippen LogP) is 4.79. The molecule has 0 aliphatic rings. The molecular weight excluding hydrogens is 328 g/mol. The third-order valence-electron chi connectivity index (χ3n) is 3.34. The van der Waals surface area contributed by atoms with Crippen molar-refractivity contribution < 1.29 is 4.74 Å². The highest BCUT2D eigenvalue weighted by Gasteiger charge is 2.09. The van der Waals surface area contributed by atoms with Gasteiger partial charge in [0.05, 0.1) is 0 Å². The van der Waals surface area contributed by atoms with Crippen molar-refractivity contribution in [2.75, 3.05) is 7.05 Å². The smallest absolute Gasteiger partial charge is 0.223 e. The van der Waals surface area contributed by atoms with E-state index in [2.05, 4.69) is 59.1 Å². The Bertz CT molecular complexity index is 626. The molecule has 0 amide bonds. The van der Waals surface area contributed by atoms with Gasteiger partial charge in [-0.3, -0.25) is 0 Å². The summed E-state index contributed by atoms with van der Waals surface area (Å²) in [6.07, 6.45) is 1.75. The zero-order chi connectivity index (χ0) is 15.4. The van der Waals surface area contributed by atoms with Crippen LogP contribution >= 0.6 is 15.9 Å². The van der Waals surface area contributed by atoms with Crippen LogP contribution in [0.1, 0.15) is 36.5 Å². The van der Waals surface area contributed by atoms with Gasteiger partial charge in [0.1, 0.15) is 5.75 Å². The molecule has 21 heavy (non-hydrogen) atoms. The van der Waals surface area contributed by atoms with Gasteiger partial charge >= 0.3 is 0 Å². The first-order valence-corrected chi connectivity index (χ1v) is 7.88. The Hall–Kier alpha value is -1.39. The van der Waals surface area contributed by atoms with Crippen molar-refractivity contribution in [2.45, 2.75) is 33.2 Å². The number of aromatic nitrogens is 1. The molecule has 112 valence electrons.